The summed E-state index contributed by atoms with van der Waals surface area (Å²) in [6, 6.07) is 16.7. The molecule has 0 radical (unpaired) electrons. The van der Waals surface area contributed by atoms with Crippen molar-refractivity contribution in [3.63, 3.8) is 0 Å². The van der Waals surface area contributed by atoms with Crippen LogP contribution in [0.2, 0.25) is 0 Å². The summed E-state index contributed by atoms with van der Waals surface area (Å²) >= 11 is 3.55. The van der Waals surface area contributed by atoms with Gasteiger partial charge in [-0.05, 0) is 36.7 Å². The first-order valence-electron chi connectivity index (χ1n) is 6.88. The third-order valence-electron chi connectivity index (χ3n) is 3.23. The fraction of sp³-hybridized carbons (Fsp3) is 0.294. The molecule has 2 aromatic rings. The third-order valence-corrected chi connectivity index (χ3v) is 3.72. The summed E-state index contributed by atoms with van der Waals surface area (Å²) in [5.41, 5.74) is 2.40. The fourth-order valence-electron chi connectivity index (χ4n) is 2.29. The maximum atomic E-state index is 5.51. The summed E-state index contributed by atoms with van der Waals surface area (Å²) < 4.78 is 6.60. The normalized spacial score (nSPS) is 12.2. The molecule has 0 saturated heterocycles. The second-order valence-corrected chi connectivity index (χ2v) is 5.60. The van der Waals surface area contributed by atoms with Crippen LogP contribution in [0.15, 0.2) is 53.0 Å². The van der Waals surface area contributed by atoms with E-state index < -0.39 is 0 Å². The molecule has 0 aliphatic heterocycles. The molecule has 0 heterocycles. The van der Waals surface area contributed by atoms with Crippen LogP contribution in [-0.2, 0) is 0 Å². The number of methoxy groups -OCH3 is 1. The SMILES string of the molecule is CCCNC(c1cccc(Br)c1)c1ccccc1OC. The molecule has 0 bridgehead atoms. The van der Waals surface area contributed by atoms with Crippen LogP contribution < -0.4 is 10.1 Å². The average Bonchev–Trinajstić information content (AvgIpc) is 2.48. The van der Waals surface area contributed by atoms with Gasteiger partial charge in [0, 0.05) is 10.0 Å². The van der Waals surface area contributed by atoms with Crippen LogP contribution in [-0.4, -0.2) is 13.7 Å². The summed E-state index contributed by atoms with van der Waals surface area (Å²) in [6.07, 6.45) is 1.10. The molecule has 20 heavy (non-hydrogen) atoms. The number of hydrogen-bond acceptors (Lipinski definition) is 2. The summed E-state index contributed by atoms with van der Waals surface area (Å²) in [7, 11) is 1.72. The molecule has 106 valence electrons. The molecule has 3 heteroatoms. The van der Waals surface area contributed by atoms with Crippen molar-refractivity contribution in [2.75, 3.05) is 13.7 Å². The number of nitrogens with one attached hydrogen (secondary N) is 1. The summed E-state index contributed by atoms with van der Waals surface area (Å²) in [5, 5.41) is 3.60. The van der Waals surface area contributed by atoms with E-state index in [1.807, 2.05) is 18.2 Å². The molecular formula is C17H20BrNO. The molecule has 2 aromatic carbocycles. The van der Waals surface area contributed by atoms with E-state index in [0.29, 0.717) is 0 Å². The second kappa shape index (κ2) is 7.46. The molecule has 0 fully saturated rings. The maximum absolute atomic E-state index is 5.51. The Morgan fingerprint density at radius 2 is 1.95 bits per heavy atom. The van der Waals surface area contributed by atoms with E-state index in [1.165, 1.54) is 11.1 Å². The molecule has 2 rings (SSSR count). The predicted molar refractivity (Wildman–Crippen MR) is 87.3 cm³/mol. The zero-order valence-corrected chi connectivity index (χ0v) is 13.5. The van der Waals surface area contributed by atoms with Crippen LogP contribution in [0.25, 0.3) is 0 Å². The van der Waals surface area contributed by atoms with Crippen molar-refractivity contribution in [1.82, 2.24) is 5.32 Å². The average molecular weight is 334 g/mol. The van der Waals surface area contributed by atoms with Crippen LogP contribution in [0.5, 0.6) is 5.75 Å². The highest BCUT2D eigenvalue weighted by Crippen LogP contribution is 2.30. The Balaban J connectivity index is 2.41. The van der Waals surface area contributed by atoms with Crippen molar-refractivity contribution in [1.29, 1.82) is 0 Å². The smallest absolute Gasteiger partial charge is 0.123 e. The molecule has 0 aliphatic carbocycles. The molecule has 0 saturated carbocycles. The van der Waals surface area contributed by atoms with E-state index >= 15 is 0 Å². The largest absolute Gasteiger partial charge is 0.496 e. The van der Waals surface area contributed by atoms with Gasteiger partial charge in [-0.25, -0.2) is 0 Å². The molecule has 0 aliphatic rings. The van der Waals surface area contributed by atoms with Gasteiger partial charge in [-0.1, -0.05) is 53.2 Å². The minimum Gasteiger partial charge on any atom is -0.496 e. The van der Waals surface area contributed by atoms with Crippen molar-refractivity contribution < 1.29 is 4.74 Å². The first-order chi connectivity index (χ1) is 9.76. The third kappa shape index (κ3) is 3.62. The van der Waals surface area contributed by atoms with Gasteiger partial charge >= 0.3 is 0 Å². The molecule has 1 atom stereocenters. The first-order valence-corrected chi connectivity index (χ1v) is 7.67. The lowest BCUT2D eigenvalue weighted by molar-refractivity contribution is 0.404. The van der Waals surface area contributed by atoms with Crippen molar-refractivity contribution in [2.45, 2.75) is 19.4 Å². The van der Waals surface area contributed by atoms with E-state index in [0.717, 1.165) is 23.2 Å². The Labute approximate surface area is 129 Å². The molecular weight excluding hydrogens is 314 g/mol. The minimum absolute atomic E-state index is 0.142. The summed E-state index contributed by atoms with van der Waals surface area (Å²) in [6.45, 7) is 3.14. The second-order valence-electron chi connectivity index (χ2n) is 4.68. The van der Waals surface area contributed by atoms with Crippen molar-refractivity contribution in [3.05, 3.63) is 64.1 Å². The molecule has 0 aromatic heterocycles. The quantitative estimate of drug-likeness (QED) is 0.837. The van der Waals surface area contributed by atoms with E-state index in [9.17, 15) is 0 Å². The zero-order valence-electron chi connectivity index (χ0n) is 11.9. The number of ether oxygens (including phenoxy) is 1. The molecule has 0 amide bonds. The van der Waals surface area contributed by atoms with Crippen LogP contribution in [0, 0.1) is 0 Å². The molecule has 1 N–H and O–H groups in total. The van der Waals surface area contributed by atoms with E-state index in [4.69, 9.17) is 4.74 Å². The van der Waals surface area contributed by atoms with Crippen LogP contribution in [0.1, 0.15) is 30.5 Å². The fourth-order valence-corrected chi connectivity index (χ4v) is 2.70. The highest BCUT2D eigenvalue weighted by Gasteiger charge is 2.17. The van der Waals surface area contributed by atoms with Gasteiger partial charge in [0.25, 0.3) is 0 Å². The van der Waals surface area contributed by atoms with Crippen LogP contribution in [0.4, 0.5) is 0 Å². The first kappa shape index (κ1) is 15.1. The van der Waals surface area contributed by atoms with Gasteiger partial charge in [0.15, 0.2) is 0 Å². The number of benzene rings is 2. The van der Waals surface area contributed by atoms with Gasteiger partial charge in [0.1, 0.15) is 5.75 Å². The lowest BCUT2D eigenvalue weighted by Gasteiger charge is -2.22. The Hall–Kier alpha value is -1.32. The maximum Gasteiger partial charge on any atom is 0.123 e. The van der Waals surface area contributed by atoms with Crippen molar-refractivity contribution >= 4 is 15.9 Å². The van der Waals surface area contributed by atoms with Gasteiger partial charge in [0.2, 0.25) is 0 Å². The van der Waals surface area contributed by atoms with Gasteiger partial charge in [-0.3, -0.25) is 0 Å². The lowest BCUT2D eigenvalue weighted by Crippen LogP contribution is -2.23. The summed E-state index contributed by atoms with van der Waals surface area (Å²) in [4.78, 5) is 0. The molecule has 1 unspecified atom stereocenters. The van der Waals surface area contributed by atoms with Crippen molar-refractivity contribution in [3.8, 4) is 5.75 Å². The van der Waals surface area contributed by atoms with E-state index in [2.05, 4.69) is 58.5 Å². The number of hydrogen-bond donors (Lipinski definition) is 1. The predicted octanol–water partition coefficient (Wildman–Crippen LogP) is 4.55. The summed E-state index contributed by atoms with van der Waals surface area (Å²) in [5.74, 6) is 0.918. The van der Waals surface area contributed by atoms with E-state index in [1.54, 1.807) is 7.11 Å². The van der Waals surface area contributed by atoms with Gasteiger partial charge < -0.3 is 10.1 Å². The standard InChI is InChI=1S/C17H20BrNO/c1-3-11-19-17(13-7-6-8-14(18)12-13)15-9-4-5-10-16(15)20-2/h4-10,12,17,19H,3,11H2,1-2H3. The Kier molecular flexibility index (Phi) is 5.62. The van der Waals surface area contributed by atoms with E-state index in [-0.39, 0.29) is 6.04 Å². The highest BCUT2D eigenvalue weighted by molar-refractivity contribution is 9.10. The molecule has 0 spiro atoms. The zero-order chi connectivity index (χ0) is 14.4. The number of halogens is 1. The van der Waals surface area contributed by atoms with Crippen LogP contribution in [0.3, 0.4) is 0 Å². The number of rotatable bonds is 6. The molecule has 2 nitrogen and oxygen atoms in total. The Morgan fingerprint density at radius 1 is 1.15 bits per heavy atom. The Bertz CT molecular complexity index is 556. The Morgan fingerprint density at radius 3 is 2.65 bits per heavy atom. The number of para-hydroxylation sites is 1. The van der Waals surface area contributed by atoms with Gasteiger partial charge in [0.05, 0.1) is 13.2 Å². The monoisotopic (exact) mass is 333 g/mol. The highest BCUT2D eigenvalue weighted by atomic mass is 79.9. The lowest BCUT2D eigenvalue weighted by atomic mass is 9.97. The van der Waals surface area contributed by atoms with Gasteiger partial charge in [-0.15, -0.1) is 0 Å². The van der Waals surface area contributed by atoms with Crippen LogP contribution >= 0.6 is 15.9 Å². The minimum atomic E-state index is 0.142. The van der Waals surface area contributed by atoms with Gasteiger partial charge in [-0.2, -0.15) is 0 Å². The van der Waals surface area contributed by atoms with Crippen molar-refractivity contribution in [2.24, 2.45) is 0 Å². The topological polar surface area (TPSA) is 21.3 Å².